The molecule has 0 aliphatic heterocycles. The van der Waals surface area contributed by atoms with E-state index in [1.54, 1.807) is 0 Å². The molecule has 1 aromatic rings. The van der Waals surface area contributed by atoms with E-state index in [0.717, 1.165) is 5.75 Å². The normalized spacial score (nSPS) is 12.3. The fourth-order valence-corrected chi connectivity index (χ4v) is 1.81. The van der Waals surface area contributed by atoms with E-state index in [0.29, 0.717) is 13.2 Å². The number of carbonyl (C=O) groups excluding carboxylic acids is 1. The fourth-order valence-electron chi connectivity index (χ4n) is 1.81. The molecule has 1 unspecified atom stereocenters. The average molecular weight is 265 g/mol. The molecule has 0 saturated carbocycles. The van der Waals surface area contributed by atoms with Crippen molar-refractivity contribution in [1.82, 2.24) is 5.32 Å². The molecule has 106 valence electrons. The molecule has 1 aromatic carbocycles. The third-order valence-electron chi connectivity index (χ3n) is 2.85. The second-order valence-corrected chi connectivity index (χ2v) is 4.86. The van der Waals surface area contributed by atoms with Crippen LogP contribution >= 0.6 is 0 Å². The molecule has 0 saturated heterocycles. The smallest absolute Gasteiger partial charge is 0.323 e. The van der Waals surface area contributed by atoms with Crippen molar-refractivity contribution in [3.8, 4) is 5.75 Å². The SMILES string of the molecule is COC(=O)C(NCCOc1cccc(C)c1)C(C)C. The molecule has 0 fully saturated rings. The van der Waals surface area contributed by atoms with Crippen molar-refractivity contribution in [1.29, 1.82) is 0 Å². The Morgan fingerprint density at radius 1 is 1.37 bits per heavy atom. The van der Waals surface area contributed by atoms with Gasteiger partial charge in [0.25, 0.3) is 0 Å². The minimum atomic E-state index is -0.286. The van der Waals surface area contributed by atoms with Gasteiger partial charge in [-0.25, -0.2) is 0 Å². The van der Waals surface area contributed by atoms with Gasteiger partial charge in [-0.15, -0.1) is 0 Å². The van der Waals surface area contributed by atoms with Gasteiger partial charge >= 0.3 is 5.97 Å². The van der Waals surface area contributed by atoms with Crippen molar-refractivity contribution in [3.63, 3.8) is 0 Å². The summed E-state index contributed by atoms with van der Waals surface area (Å²) in [5, 5.41) is 3.16. The van der Waals surface area contributed by atoms with E-state index in [2.05, 4.69) is 5.32 Å². The summed E-state index contributed by atoms with van der Waals surface area (Å²) in [5.74, 6) is 0.804. The quantitative estimate of drug-likeness (QED) is 0.606. The molecule has 0 amide bonds. The number of methoxy groups -OCH3 is 1. The Labute approximate surface area is 115 Å². The van der Waals surface area contributed by atoms with Crippen molar-refractivity contribution < 1.29 is 14.3 Å². The van der Waals surface area contributed by atoms with E-state index in [-0.39, 0.29) is 17.9 Å². The molecule has 19 heavy (non-hydrogen) atoms. The van der Waals surface area contributed by atoms with Gasteiger partial charge in [0.1, 0.15) is 18.4 Å². The molecule has 1 N–H and O–H groups in total. The largest absolute Gasteiger partial charge is 0.492 e. The molecule has 0 spiro atoms. The number of esters is 1. The van der Waals surface area contributed by atoms with Crippen molar-refractivity contribution in [3.05, 3.63) is 29.8 Å². The first kappa shape index (κ1) is 15.5. The molecule has 4 nitrogen and oxygen atoms in total. The van der Waals surface area contributed by atoms with Crippen LogP contribution in [0.4, 0.5) is 0 Å². The monoisotopic (exact) mass is 265 g/mol. The van der Waals surface area contributed by atoms with Crippen LogP contribution in [0.1, 0.15) is 19.4 Å². The molecular weight excluding hydrogens is 242 g/mol. The summed E-state index contributed by atoms with van der Waals surface area (Å²) < 4.78 is 10.4. The molecule has 0 aliphatic carbocycles. The maximum absolute atomic E-state index is 11.5. The number of ether oxygens (including phenoxy) is 2. The van der Waals surface area contributed by atoms with Crippen molar-refractivity contribution in [2.75, 3.05) is 20.3 Å². The number of rotatable bonds is 7. The summed E-state index contributed by atoms with van der Waals surface area (Å²) in [6, 6.07) is 7.61. The van der Waals surface area contributed by atoms with Gasteiger partial charge in [0.15, 0.2) is 0 Å². The fraction of sp³-hybridized carbons (Fsp3) is 0.533. The Kier molecular flexibility index (Phi) is 6.36. The number of hydrogen-bond donors (Lipinski definition) is 1. The van der Waals surface area contributed by atoms with Gasteiger partial charge in [-0.2, -0.15) is 0 Å². The lowest BCUT2D eigenvalue weighted by atomic mass is 10.1. The minimum absolute atomic E-state index is 0.186. The van der Waals surface area contributed by atoms with Crippen molar-refractivity contribution >= 4 is 5.97 Å². The molecule has 0 bridgehead atoms. The molecule has 0 aromatic heterocycles. The molecule has 0 heterocycles. The summed E-state index contributed by atoms with van der Waals surface area (Å²) in [6.45, 7) is 7.11. The van der Waals surface area contributed by atoms with Gasteiger partial charge in [-0.3, -0.25) is 4.79 Å². The summed E-state index contributed by atoms with van der Waals surface area (Å²) in [6.07, 6.45) is 0. The lowest BCUT2D eigenvalue weighted by molar-refractivity contribution is -0.144. The topological polar surface area (TPSA) is 47.6 Å². The van der Waals surface area contributed by atoms with Crippen LogP contribution in [0.2, 0.25) is 0 Å². The highest BCUT2D eigenvalue weighted by molar-refractivity contribution is 5.75. The van der Waals surface area contributed by atoms with Crippen LogP contribution in [0.15, 0.2) is 24.3 Å². The molecule has 4 heteroatoms. The predicted octanol–water partition coefficient (Wildman–Crippen LogP) is 2.16. The number of nitrogens with one attached hydrogen (secondary N) is 1. The van der Waals surface area contributed by atoms with Crippen LogP contribution in [-0.4, -0.2) is 32.3 Å². The maximum Gasteiger partial charge on any atom is 0.323 e. The lowest BCUT2D eigenvalue weighted by Gasteiger charge is -2.19. The maximum atomic E-state index is 11.5. The van der Waals surface area contributed by atoms with Crippen LogP contribution in [-0.2, 0) is 9.53 Å². The minimum Gasteiger partial charge on any atom is -0.492 e. The van der Waals surface area contributed by atoms with Crippen LogP contribution in [0, 0.1) is 12.8 Å². The third kappa shape index (κ3) is 5.30. The number of aryl methyl sites for hydroxylation is 1. The number of carbonyl (C=O) groups is 1. The number of hydrogen-bond acceptors (Lipinski definition) is 4. The van der Waals surface area contributed by atoms with E-state index < -0.39 is 0 Å². The third-order valence-corrected chi connectivity index (χ3v) is 2.85. The van der Waals surface area contributed by atoms with Crippen molar-refractivity contribution in [2.45, 2.75) is 26.8 Å². The zero-order chi connectivity index (χ0) is 14.3. The highest BCUT2D eigenvalue weighted by Crippen LogP contribution is 2.11. The summed E-state index contributed by atoms with van der Waals surface area (Å²) >= 11 is 0. The van der Waals surface area contributed by atoms with Crippen LogP contribution in [0.5, 0.6) is 5.75 Å². The first-order chi connectivity index (χ1) is 9.04. The van der Waals surface area contributed by atoms with Crippen LogP contribution in [0.3, 0.4) is 0 Å². The van der Waals surface area contributed by atoms with Gasteiger partial charge < -0.3 is 14.8 Å². The molecule has 1 atom stereocenters. The van der Waals surface area contributed by atoms with Crippen LogP contribution < -0.4 is 10.1 Å². The Balaban J connectivity index is 2.35. The molecular formula is C15H23NO3. The lowest BCUT2D eigenvalue weighted by Crippen LogP contribution is -2.43. The Bertz CT molecular complexity index is 404. The summed E-state index contributed by atoms with van der Waals surface area (Å²) in [7, 11) is 1.41. The van der Waals surface area contributed by atoms with Gasteiger partial charge in [0.05, 0.1) is 7.11 Å². The molecule has 0 aliphatic rings. The zero-order valence-electron chi connectivity index (χ0n) is 12.1. The number of benzene rings is 1. The van der Waals surface area contributed by atoms with Gasteiger partial charge in [-0.05, 0) is 30.5 Å². The van der Waals surface area contributed by atoms with Crippen molar-refractivity contribution in [2.24, 2.45) is 5.92 Å². The summed E-state index contributed by atoms with van der Waals surface area (Å²) in [5.41, 5.74) is 1.17. The first-order valence-electron chi connectivity index (χ1n) is 6.55. The van der Waals surface area contributed by atoms with E-state index in [9.17, 15) is 4.79 Å². The molecule has 0 radical (unpaired) electrons. The Hall–Kier alpha value is -1.55. The second kappa shape index (κ2) is 7.79. The van der Waals surface area contributed by atoms with Gasteiger partial charge in [0, 0.05) is 6.54 Å². The van der Waals surface area contributed by atoms with E-state index >= 15 is 0 Å². The Morgan fingerprint density at radius 3 is 2.68 bits per heavy atom. The Morgan fingerprint density at radius 2 is 2.11 bits per heavy atom. The highest BCUT2D eigenvalue weighted by Gasteiger charge is 2.21. The standard InChI is InChI=1S/C15H23NO3/c1-11(2)14(15(17)18-4)16-8-9-19-13-7-5-6-12(3)10-13/h5-7,10-11,14,16H,8-9H2,1-4H3. The first-order valence-corrected chi connectivity index (χ1v) is 6.55. The van der Waals surface area contributed by atoms with E-state index in [4.69, 9.17) is 9.47 Å². The zero-order valence-corrected chi connectivity index (χ0v) is 12.1. The van der Waals surface area contributed by atoms with Gasteiger partial charge in [0.2, 0.25) is 0 Å². The van der Waals surface area contributed by atoms with E-state index in [1.165, 1.54) is 12.7 Å². The van der Waals surface area contributed by atoms with Gasteiger partial charge in [-0.1, -0.05) is 26.0 Å². The summed E-state index contributed by atoms with van der Waals surface area (Å²) in [4.78, 5) is 11.5. The highest BCUT2D eigenvalue weighted by atomic mass is 16.5. The van der Waals surface area contributed by atoms with E-state index in [1.807, 2.05) is 45.0 Å². The second-order valence-electron chi connectivity index (χ2n) is 4.86. The predicted molar refractivity (Wildman–Crippen MR) is 75.3 cm³/mol. The average Bonchev–Trinajstić information content (AvgIpc) is 2.37. The molecule has 1 rings (SSSR count). The van der Waals surface area contributed by atoms with Crippen LogP contribution in [0.25, 0.3) is 0 Å².